The van der Waals surface area contributed by atoms with Crippen molar-refractivity contribution in [2.24, 2.45) is 0 Å². The first-order valence-electron chi connectivity index (χ1n) is 8.83. The van der Waals surface area contributed by atoms with E-state index in [1.165, 1.54) is 42.7 Å². The number of benzene rings is 1. The van der Waals surface area contributed by atoms with Gasteiger partial charge in [-0.15, -0.1) is 11.3 Å². The van der Waals surface area contributed by atoms with Crippen molar-refractivity contribution < 1.29 is 9.18 Å². The van der Waals surface area contributed by atoms with Gasteiger partial charge >= 0.3 is 0 Å². The molecule has 134 valence electrons. The quantitative estimate of drug-likeness (QED) is 0.856. The molecule has 1 saturated heterocycles. The molecule has 6 heteroatoms. The number of nitrogens with zero attached hydrogens (tertiary/aromatic N) is 2. The highest BCUT2D eigenvalue weighted by atomic mass is 32.1. The van der Waals surface area contributed by atoms with Gasteiger partial charge in [0.1, 0.15) is 15.7 Å². The first kappa shape index (κ1) is 18.0. The van der Waals surface area contributed by atoms with E-state index in [0.717, 1.165) is 35.9 Å². The molecule has 1 N–H and O–H groups in total. The number of carbonyl (C=O) groups is 1. The molecule has 0 saturated carbocycles. The molecular formula is C19H24FN3OS. The van der Waals surface area contributed by atoms with E-state index < -0.39 is 0 Å². The highest BCUT2D eigenvalue weighted by Crippen LogP contribution is 2.21. The Bertz CT molecular complexity index is 708. The molecule has 1 aliphatic rings. The predicted molar refractivity (Wildman–Crippen MR) is 98.4 cm³/mol. The molecule has 0 unspecified atom stereocenters. The number of aryl methyl sites for hydroxylation is 1. The second-order valence-electron chi connectivity index (χ2n) is 6.49. The largest absolute Gasteiger partial charge is 0.351 e. The Kier molecular flexibility index (Phi) is 6.15. The Morgan fingerprint density at radius 3 is 2.68 bits per heavy atom. The molecule has 2 heterocycles. The minimum Gasteiger partial charge on any atom is -0.351 e. The summed E-state index contributed by atoms with van der Waals surface area (Å²) >= 11 is 1.50. The number of hydrogen-bond acceptors (Lipinski definition) is 4. The molecule has 1 aromatic heterocycles. The van der Waals surface area contributed by atoms with Crippen molar-refractivity contribution in [2.45, 2.75) is 39.2 Å². The number of likely N-dealkylation sites (tertiary alicyclic amines) is 1. The van der Waals surface area contributed by atoms with Crippen LogP contribution in [-0.4, -0.2) is 35.4 Å². The van der Waals surface area contributed by atoms with Gasteiger partial charge in [-0.3, -0.25) is 9.69 Å². The zero-order chi connectivity index (χ0) is 17.6. The molecule has 0 atom stereocenters. The number of piperidine rings is 1. The van der Waals surface area contributed by atoms with E-state index in [0.29, 0.717) is 17.8 Å². The minimum absolute atomic E-state index is 0.0676. The van der Waals surface area contributed by atoms with Crippen LogP contribution in [-0.2, 0) is 13.0 Å². The third-order valence-electron chi connectivity index (χ3n) is 4.47. The average Bonchev–Trinajstić information content (AvgIpc) is 2.98. The number of amides is 1. The van der Waals surface area contributed by atoms with Crippen molar-refractivity contribution >= 4 is 17.2 Å². The van der Waals surface area contributed by atoms with Crippen LogP contribution in [0.3, 0.4) is 0 Å². The van der Waals surface area contributed by atoms with Crippen LogP contribution in [0.25, 0.3) is 0 Å². The monoisotopic (exact) mass is 361 g/mol. The molecule has 1 fully saturated rings. The van der Waals surface area contributed by atoms with E-state index in [1.54, 1.807) is 12.1 Å². The van der Waals surface area contributed by atoms with Crippen molar-refractivity contribution in [3.8, 4) is 0 Å². The lowest BCUT2D eigenvalue weighted by molar-refractivity contribution is 0.0957. The molecule has 0 radical (unpaired) electrons. The van der Waals surface area contributed by atoms with Gasteiger partial charge in [-0.2, -0.15) is 0 Å². The first-order chi connectivity index (χ1) is 12.1. The van der Waals surface area contributed by atoms with Crippen molar-refractivity contribution in [3.05, 3.63) is 51.2 Å². The van der Waals surface area contributed by atoms with Gasteiger partial charge < -0.3 is 5.32 Å². The average molecular weight is 361 g/mol. The lowest BCUT2D eigenvalue weighted by Gasteiger charge is -2.25. The molecule has 0 spiro atoms. The lowest BCUT2D eigenvalue weighted by Crippen LogP contribution is -2.29. The summed E-state index contributed by atoms with van der Waals surface area (Å²) in [6, 6.07) is 6.38. The third kappa shape index (κ3) is 5.09. The van der Waals surface area contributed by atoms with Gasteiger partial charge in [0.25, 0.3) is 5.91 Å². The van der Waals surface area contributed by atoms with Gasteiger partial charge in [-0.1, -0.05) is 18.6 Å². The third-order valence-corrected chi connectivity index (χ3v) is 5.61. The topological polar surface area (TPSA) is 45.2 Å². The van der Waals surface area contributed by atoms with Gasteiger partial charge in [0.15, 0.2) is 0 Å². The van der Waals surface area contributed by atoms with Crippen LogP contribution < -0.4 is 5.32 Å². The zero-order valence-electron chi connectivity index (χ0n) is 14.6. The molecule has 1 aliphatic heterocycles. The number of aromatic nitrogens is 1. The molecule has 3 rings (SSSR count). The second kappa shape index (κ2) is 8.54. The maximum Gasteiger partial charge on any atom is 0.263 e. The van der Waals surface area contributed by atoms with E-state index in [2.05, 4.69) is 15.2 Å². The van der Waals surface area contributed by atoms with Gasteiger partial charge in [-0.05, 0) is 57.0 Å². The number of halogens is 1. The standard InChI is InChI=1S/C19H24FN3OS/c1-14-18(25-17(22-14)13-23-11-3-2-4-12-23)19(24)21-10-9-15-5-7-16(20)8-6-15/h5-8H,2-4,9-13H2,1H3,(H,21,24). The van der Waals surface area contributed by atoms with E-state index in [9.17, 15) is 9.18 Å². The van der Waals surface area contributed by atoms with E-state index in [-0.39, 0.29) is 11.7 Å². The fourth-order valence-electron chi connectivity index (χ4n) is 3.09. The van der Waals surface area contributed by atoms with Crippen molar-refractivity contribution in [2.75, 3.05) is 19.6 Å². The molecule has 4 nitrogen and oxygen atoms in total. The van der Waals surface area contributed by atoms with Gasteiger partial charge in [-0.25, -0.2) is 9.37 Å². The summed E-state index contributed by atoms with van der Waals surface area (Å²) in [5.74, 6) is -0.309. The van der Waals surface area contributed by atoms with Gasteiger partial charge in [0.2, 0.25) is 0 Å². The summed E-state index contributed by atoms with van der Waals surface area (Å²) in [5, 5.41) is 3.96. The number of rotatable bonds is 6. The summed E-state index contributed by atoms with van der Waals surface area (Å²) in [6.07, 6.45) is 4.50. The minimum atomic E-state index is -0.241. The Morgan fingerprint density at radius 2 is 1.96 bits per heavy atom. The number of hydrogen-bond donors (Lipinski definition) is 1. The van der Waals surface area contributed by atoms with Crippen molar-refractivity contribution in [3.63, 3.8) is 0 Å². The van der Waals surface area contributed by atoms with Crippen molar-refractivity contribution in [1.82, 2.24) is 15.2 Å². The van der Waals surface area contributed by atoms with Crippen LogP contribution in [0, 0.1) is 12.7 Å². The van der Waals surface area contributed by atoms with E-state index in [4.69, 9.17) is 0 Å². The van der Waals surface area contributed by atoms with Crippen LogP contribution in [0.5, 0.6) is 0 Å². The van der Waals surface area contributed by atoms with Crippen LogP contribution in [0.2, 0.25) is 0 Å². The SMILES string of the molecule is Cc1nc(CN2CCCCC2)sc1C(=O)NCCc1ccc(F)cc1. The number of thiazole rings is 1. The molecule has 1 amide bonds. The second-order valence-corrected chi connectivity index (χ2v) is 7.57. The summed E-state index contributed by atoms with van der Waals surface area (Å²) in [7, 11) is 0. The van der Waals surface area contributed by atoms with Crippen molar-refractivity contribution in [1.29, 1.82) is 0 Å². The van der Waals surface area contributed by atoms with Gasteiger partial charge in [0, 0.05) is 6.54 Å². The fraction of sp³-hybridized carbons (Fsp3) is 0.474. The molecular weight excluding hydrogens is 337 g/mol. The highest BCUT2D eigenvalue weighted by molar-refractivity contribution is 7.13. The number of carbonyl (C=O) groups excluding carboxylic acids is 1. The molecule has 25 heavy (non-hydrogen) atoms. The predicted octanol–water partition coefficient (Wildman–Crippen LogP) is 3.55. The maximum absolute atomic E-state index is 12.9. The smallest absolute Gasteiger partial charge is 0.263 e. The fourth-order valence-corrected chi connectivity index (χ4v) is 4.11. The Morgan fingerprint density at radius 1 is 1.24 bits per heavy atom. The Balaban J connectivity index is 1.52. The summed E-state index contributed by atoms with van der Waals surface area (Å²) in [4.78, 5) is 20.1. The summed E-state index contributed by atoms with van der Waals surface area (Å²) in [6.45, 7) is 5.51. The summed E-state index contributed by atoms with van der Waals surface area (Å²) in [5.41, 5.74) is 1.81. The van der Waals surface area contributed by atoms with Crippen LogP contribution >= 0.6 is 11.3 Å². The summed E-state index contributed by atoms with van der Waals surface area (Å²) < 4.78 is 12.9. The zero-order valence-corrected chi connectivity index (χ0v) is 15.4. The molecule has 1 aromatic carbocycles. The molecule has 2 aromatic rings. The lowest BCUT2D eigenvalue weighted by atomic mass is 10.1. The van der Waals surface area contributed by atoms with Crippen LogP contribution in [0.15, 0.2) is 24.3 Å². The van der Waals surface area contributed by atoms with E-state index >= 15 is 0 Å². The normalized spacial score (nSPS) is 15.3. The highest BCUT2D eigenvalue weighted by Gasteiger charge is 2.17. The first-order valence-corrected chi connectivity index (χ1v) is 9.65. The van der Waals surface area contributed by atoms with E-state index in [1.807, 2.05) is 6.92 Å². The molecule has 0 aliphatic carbocycles. The Labute approximate surface area is 152 Å². The van der Waals surface area contributed by atoms with Gasteiger partial charge in [0.05, 0.1) is 12.2 Å². The Hall–Kier alpha value is -1.79. The number of nitrogens with one attached hydrogen (secondary N) is 1. The maximum atomic E-state index is 12.9. The van der Waals surface area contributed by atoms with Crippen LogP contribution in [0.4, 0.5) is 4.39 Å². The molecule has 0 bridgehead atoms. The van der Waals surface area contributed by atoms with Crippen LogP contribution in [0.1, 0.15) is 45.2 Å².